The Morgan fingerprint density at radius 3 is 2.86 bits per heavy atom. The van der Waals surface area contributed by atoms with Gasteiger partial charge in [-0.05, 0) is 45.0 Å². The van der Waals surface area contributed by atoms with Crippen LogP contribution in [0.2, 0.25) is 0 Å². The Labute approximate surface area is 128 Å². The summed E-state index contributed by atoms with van der Waals surface area (Å²) >= 11 is 0. The molecule has 1 saturated heterocycles. The predicted octanol–water partition coefficient (Wildman–Crippen LogP) is 1.73. The molecule has 5 heteroatoms. The van der Waals surface area contributed by atoms with Gasteiger partial charge >= 0.3 is 0 Å². The maximum atomic E-state index is 5.54. The lowest BCUT2D eigenvalue weighted by Crippen LogP contribution is -2.31. The van der Waals surface area contributed by atoms with Crippen molar-refractivity contribution in [3.8, 4) is 5.88 Å². The fourth-order valence-corrected chi connectivity index (χ4v) is 2.77. The van der Waals surface area contributed by atoms with Crippen LogP contribution < -0.4 is 15.4 Å². The molecule has 21 heavy (non-hydrogen) atoms. The van der Waals surface area contributed by atoms with E-state index in [0.717, 1.165) is 38.4 Å². The minimum atomic E-state index is 0.690. The molecular weight excluding hydrogens is 264 g/mol. The number of hydrogen-bond acceptors (Lipinski definition) is 5. The summed E-state index contributed by atoms with van der Waals surface area (Å²) in [4.78, 5) is 9.47. The number of hydrogen-bond donors (Lipinski definition) is 1. The topological polar surface area (TPSA) is 54.6 Å². The van der Waals surface area contributed by atoms with E-state index in [9.17, 15) is 0 Å². The van der Waals surface area contributed by atoms with E-state index in [2.05, 4.69) is 20.9 Å². The van der Waals surface area contributed by atoms with Crippen molar-refractivity contribution < 1.29 is 4.74 Å². The van der Waals surface area contributed by atoms with Gasteiger partial charge in [-0.2, -0.15) is 4.98 Å². The average molecular weight is 292 g/mol. The molecule has 0 radical (unpaired) electrons. The summed E-state index contributed by atoms with van der Waals surface area (Å²) in [7, 11) is 1.66. The maximum absolute atomic E-state index is 5.54. The first kappa shape index (κ1) is 16.0. The molecule has 1 aromatic heterocycles. The first-order valence-corrected chi connectivity index (χ1v) is 8.02. The van der Waals surface area contributed by atoms with Gasteiger partial charge in [-0.15, -0.1) is 0 Å². The number of anilines is 1. The van der Waals surface area contributed by atoms with Crippen molar-refractivity contribution >= 4 is 5.82 Å². The predicted molar refractivity (Wildman–Crippen MR) is 87.0 cm³/mol. The van der Waals surface area contributed by atoms with Gasteiger partial charge in [0.15, 0.2) is 0 Å². The minimum absolute atomic E-state index is 0.690. The molecule has 0 atom stereocenters. The number of nitrogens with zero attached hydrogens (tertiary/aromatic N) is 3. The molecule has 0 amide bonds. The van der Waals surface area contributed by atoms with E-state index in [-0.39, 0.29) is 0 Å². The fraction of sp³-hybridized carbons (Fsp3) is 0.688. The van der Waals surface area contributed by atoms with E-state index >= 15 is 0 Å². The Morgan fingerprint density at radius 1 is 1.14 bits per heavy atom. The van der Waals surface area contributed by atoms with E-state index in [0.29, 0.717) is 5.88 Å². The third kappa shape index (κ3) is 5.17. The van der Waals surface area contributed by atoms with Crippen molar-refractivity contribution in [1.82, 2.24) is 9.88 Å². The maximum Gasteiger partial charge on any atom is 0.214 e. The zero-order valence-electron chi connectivity index (χ0n) is 13.1. The van der Waals surface area contributed by atoms with Crippen LogP contribution in [0.3, 0.4) is 0 Å². The van der Waals surface area contributed by atoms with E-state index in [4.69, 9.17) is 10.5 Å². The number of rotatable bonds is 7. The molecule has 0 unspecified atom stereocenters. The summed E-state index contributed by atoms with van der Waals surface area (Å²) in [5.41, 5.74) is 5.54. The largest absolute Gasteiger partial charge is 0.481 e. The Kier molecular flexibility index (Phi) is 6.76. The second-order valence-corrected chi connectivity index (χ2v) is 5.57. The molecule has 0 bridgehead atoms. The number of methoxy groups -OCH3 is 1. The summed E-state index contributed by atoms with van der Waals surface area (Å²) in [6.07, 6.45) is 4.84. The van der Waals surface area contributed by atoms with Crippen molar-refractivity contribution in [3.63, 3.8) is 0 Å². The number of unbranched alkanes of at least 4 members (excludes halogenated alkanes) is 2. The van der Waals surface area contributed by atoms with Gasteiger partial charge in [0.1, 0.15) is 5.82 Å². The van der Waals surface area contributed by atoms with Crippen LogP contribution in [0.5, 0.6) is 5.88 Å². The lowest BCUT2D eigenvalue weighted by molar-refractivity contribution is 0.286. The van der Waals surface area contributed by atoms with Gasteiger partial charge in [0.05, 0.1) is 7.11 Å². The smallest absolute Gasteiger partial charge is 0.214 e. The standard InChI is InChI=1S/C16H28N4O/c1-21-16-8-5-7-15(18-16)20-12-6-11-19(13-14-20)10-4-2-3-9-17/h5,7-8H,2-4,6,9-14,17H2,1H3. The molecule has 0 aliphatic carbocycles. The number of pyridine rings is 1. The first-order chi connectivity index (χ1) is 10.3. The van der Waals surface area contributed by atoms with Crippen molar-refractivity contribution in [2.45, 2.75) is 25.7 Å². The molecule has 1 fully saturated rings. The Bertz CT molecular complexity index is 413. The highest BCUT2D eigenvalue weighted by molar-refractivity contribution is 5.40. The Morgan fingerprint density at radius 2 is 2.05 bits per heavy atom. The lowest BCUT2D eigenvalue weighted by atomic mass is 10.2. The molecule has 2 N–H and O–H groups in total. The van der Waals surface area contributed by atoms with Crippen LogP contribution in [0.4, 0.5) is 5.82 Å². The second kappa shape index (κ2) is 8.85. The number of nitrogens with two attached hydrogens (primary N) is 1. The molecule has 2 heterocycles. The fourth-order valence-electron chi connectivity index (χ4n) is 2.77. The highest BCUT2D eigenvalue weighted by atomic mass is 16.5. The van der Waals surface area contributed by atoms with E-state index < -0.39 is 0 Å². The first-order valence-electron chi connectivity index (χ1n) is 8.02. The molecule has 1 aliphatic rings. The molecule has 0 aromatic carbocycles. The summed E-state index contributed by atoms with van der Waals surface area (Å²) in [5.74, 6) is 1.72. The Balaban J connectivity index is 1.82. The lowest BCUT2D eigenvalue weighted by Gasteiger charge is -2.23. The summed E-state index contributed by atoms with van der Waals surface area (Å²) in [6, 6.07) is 5.97. The van der Waals surface area contributed by atoms with Crippen LogP contribution in [0.25, 0.3) is 0 Å². The highest BCUT2D eigenvalue weighted by Crippen LogP contribution is 2.17. The van der Waals surface area contributed by atoms with Crippen LogP contribution >= 0.6 is 0 Å². The molecule has 118 valence electrons. The zero-order chi connectivity index (χ0) is 14.9. The van der Waals surface area contributed by atoms with Crippen LogP contribution in [-0.2, 0) is 0 Å². The van der Waals surface area contributed by atoms with Gasteiger partial charge < -0.3 is 20.3 Å². The van der Waals surface area contributed by atoms with Gasteiger partial charge in [-0.3, -0.25) is 0 Å². The summed E-state index contributed by atoms with van der Waals surface area (Å²) in [6.45, 7) is 6.41. The molecule has 0 spiro atoms. The minimum Gasteiger partial charge on any atom is -0.481 e. The average Bonchev–Trinajstić information content (AvgIpc) is 2.77. The molecule has 5 nitrogen and oxygen atoms in total. The van der Waals surface area contributed by atoms with Gasteiger partial charge in [0, 0.05) is 25.7 Å². The van der Waals surface area contributed by atoms with Crippen molar-refractivity contribution in [1.29, 1.82) is 0 Å². The third-order valence-corrected chi connectivity index (χ3v) is 4.01. The summed E-state index contributed by atoms with van der Waals surface area (Å²) in [5, 5.41) is 0. The molecule has 1 aromatic rings. The van der Waals surface area contributed by atoms with E-state index in [1.54, 1.807) is 7.11 Å². The normalized spacial score (nSPS) is 16.8. The number of aromatic nitrogens is 1. The summed E-state index contributed by atoms with van der Waals surface area (Å²) < 4.78 is 5.22. The molecule has 1 aliphatic heterocycles. The molecule has 2 rings (SSSR count). The molecule has 0 saturated carbocycles. The van der Waals surface area contributed by atoms with Crippen LogP contribution in [-0.4, -0.2) is 56.3 Å². The van der Waals surface area contributed by atoms with Crippen molar-refractivity contribution in [3.05, 3.63) is 18.2 Å². The highest BCUT2D eigenvalue weighted by Gasteiger charge is 2.15. The Hall–Kier alpha value is -1.33. The van der Waals surface area contributed by atoms with Crippen molar-refractivity contribution in [2.24, 2.45) is 5.73 Å². The number of ether oxygens (including phenoxy) is 1. The van der Waals surface area contributed by atoms with Crippen LogP contribution in [0.1, 0.15) is 25.7 Å². The SMILES string of the molecule is COc1cccc(N2CCCN(CCCCCN)CC2)n1. The quantitative estimate of drug-likeness (QED) is 0.776. The van der Waals surface area contributed by atoms with E-state index in [1.165, 1.54) is 32.4 Å². The van der Waals surface area contributed by atoms with Crippen LogP contribution in [0, 0.1) is 0 Å². The van der Waals surface area contributed by atoms with Crippen molar-refractivity contribution in [2.75, 3.05) is 51.3 Å². The van der Waals surface area contributed by atoms with Gasteiger partial charge in [-0.1, -0.05) is 12.5 Å². The van der Waals surface area contributed by atoms with Gasteiger partial charge in [0.2, 0.25) is 5.88 Å². The monoisotopic (exact) mass is 292 g/mol. The van der Waals surface area contributed by atoms with E-state index in [1.807, 2.05) is 12.1 Å². The molecular formula is C16H28N4O. The third-order valence-electron chi connectivity index (χ3n) is 4.01. The van der Waals surface area contributed by atoms with Gasteiger partial charge in [-0.25, -0.2) is 0 Å². The zero-order valence-corrected chi connectivity index (χ0v) is 13.1. The van der Waals surface area contributed by atoms with Crippen LogP contribution in [0.15, 0.2) is 18.2 Å². The second-order valence-electron chi connectivity index (χ2n) is 5.57. The van der Waals surface area contributed by atoms with Gasteiger partial charge in [0.25, 0.3) is 0 Å².